The Kier molecular flexibility index (Phi) is 3.90. The summed E-state index contributed by atoms with van der Waals surface area (Å²) in [6.07, 6.45) is 0. The number of nitrogens with zero attached hydrogens (tertiary/aromatic N) is 3. The summed E-state index contributed by atoms with van der Waals surface area (Å²) in [6.45, 7) is 1.96. The molecule has 0 saturated carbocycles. The van der Waals surface area contributed by atoms with Crippen molar-refractivity contribution in [2.75, 3.05) is 0 Å². The van der Waals surface area contributed by atoms with Gasteiger partial charge in [0.05, 0.1) is 5.69 Å². The zero-order chi connectivity index (χ0) is 14.8. The Balaban J connectivity index is 2.05. The van der Waals surface area contributed by atoms with Crippen molar-refractivity contribution in [3.63, 3.8) is 0 Å². The summed E-state index contributed by atoms with van der Waals surface area (Å²) in [5.41, 5.74) is 3.20. The molecule has 0 N–H and O–H groups in total. The maximum absolute atomic E-state index is 5.94. The molecule has 0 atom stereocenters. The van der Waals surface area contributed by atoms with Gasteiger partial charge in [0.2, 0.25) is 0 Å². The number of hydrogen-bond acceptors (Lipinski definition) is 3. The molecule has 3 aromatic rings. The van der Waals surface area contributed by atoms with Gasteiger partial charge < -0.3 is 4.57 Å². The first-order chi connectivity index (χ1) is 10.1. The van der Waals surface area contributed by atoms with Crippen LogP contribution >= 0.6 is 22.9 Å². The third-order valence-electron chi connectivity index (χ3n) is 3.15. The molecule has 0 amide bonds. The molecular formula is C16H14ClN3S. The number of thiazole rings is 1. The van der Waals surface area contributed by atoms with E-state index in [0.717, 1.165) is 32.6 Å². The van der Waals surface area contributed by atoms with Crippen molar-refractivity contribution in [1.82, 2.24) is 9.55 Å². The summed E-state index contributed by atoms with van der Waals surface area (Å²) < 4.78 is 2.07. The van der Waals surface area contributed by atoms with Crippen LogP contribution in [-0.2, 0) is 7.05 Å². The fourth-order valence-corrected chi connectivity index (χ4v) is 3.08. The van der Waals surface area contributed by atoms with Crippen LogP contribution in [0.25, 0.3) is 11.3 Å². The lowest BCUT2D eigenvalue weighted by molar-refractivity contribution is 0.879. The maximum Gasteiger partial charge on any atom is 0.191 e. The first-order valence-electron chi connectivity index (χ1n) is 6.52. The standard InChI is InChI=1S/C16H14ClN3S/c1-11-4-3-5-15(18-11)19-16-20(2)14(10-21-16)12-6-8-13(17)9-7-12/h3-10H,1-2H3/b19-16+. The Morgan fingerprint density at radius 1 is 1.14 bits per heavy atom. The number of hydrogen-bond donors (Lipinski definition) is 0. The molecule has 0 aliphatic rings. The number of rotatable bonds is 2. The average Bonchev–Trinajstić information content (AvgIpc) is 2.81. The molecule has 0 radical (unpaired) electrons. The molecule has 0 fully saturated rings. The van der Waals surface area contributed by atoms with E-state index in [9.17, 15) is 0 Å². The molecular weight excluding hydrogens is 302 g/mol. The number of pyridine rings is 1. The summed E-state index contributed by atoms with van der Waals surface area (Å²) in [5, 5.41) is 2.84. The van der Waals surface area contributed by atoms with Crippen molar-refractivity contribution in [2.24, 2.45) is 12.0 Å². The predicted molar refractivity (Wildman–Crippen MR) is 87.9 cm³/mol. The third-order valence-corrected chi connectivity index (χ3v) is 4.32. The lowest BCUT2D eigenvalue weighted by Crippen LogP contribution is -2.11. The van der Waals surface area contributed by atoms with Crippen LogP contribution in [0.5, 0.6) is 0 Å². The molecule has 0 saturated heterocycles. The van der Waals surface area contributed by atoms with Gasteiger partial charge in [-0.3, -0.25) is 0 Å². The normalized spacial score (nSPS) is 11.9. The molecule has 0 unspecified atom stereocenters. The minimum Gasteiger partial charge on any atom is -0.320 e. The van der Waals surface area contributed by atoms with Gasteiger partial charge in [-0.2, -0.15) is 0 Å². The number of halogens is 1. The van der Waals surface area contributed by atoms with Crippen molar-refractivity contribution in [2.45, 2.75) is 6.92 Å². The van der Waals surface area contributed by atoms with Crippen molar-refractivity contribution >= 4 is 28.8 Å². The molecule has 0 spiro atoms. The van der Waals surface area contributed by atoms with E-state index in [0.29, 0.717) is 0 Å². The molecule has 21 heavy (non-hydrogen) atoms. The molecule has 5 heteroatoms. The summed E-state index contributed by atoms with van der Waals surface area (Å²) in [4.78, 5) is 9.94. The lowest BCUT2D eigenvalue weighted by Gasteiger charge is -2.02. The maximum atomic E-state index is 5.94. The summed E-state index contributed by atoms with van der Waals surface area (Å²) in [7, 11) is 2.01. The highest BCUT2D eigenvalue weighted by Gasteiger charge is 2.05. The minimum atomic E-state index is 0.732. The van der Waals surface area contributed by atoms with Gasteiger partial charge in [0.25, 0.3) is 0 Å². The van der Waals surface area contributed by atoms with Crippen LogP contribution in [0.15, 0.2) is 52.8 Å². The van der Waals surface area contributed by atoms with E-state index in [-0.39, 0.29) is 0 Å². The second-order valence-corrected chi connectivity index (χ2v) is 5.99. The van der Waals surface area contributed by atoms with E-state index in [2.05, 4.69) is 19.9 Å². The third kappa shape index (κ3) is 3.06. The van der Waals surface area contributed by atoms with Gasteiger partial charge in [-0.25, -0.2) is 9.98 Å². The van der Waals surface area contributed by atoms with Crippen LogP contribution in [0.4, 0.5) is 5.82 Å². The second-order valence-electron chi connectivity index (χ2n) is 4.72. The van der Waals surface area contributed by atoms with Gasteiger partial charge in [0, 0.05) is 23.1 Å². The van der Waals surface area contributed by atoms with Gasteiger partial charge in [-0.1, -0.05) is 29.8 Å². The minimum absolute atomic E-state index is 0.732. The first-order valence-corrected chi connectivity index (χ1v) is 7.78. The van der Waals surface area contributed by atoms with Crippen LogP contribution in [0.3, 0.4) is 0 Å². The highest BCUT2D eigenvalue weighted by molar-refractivity contribution is 7.07. The van der Waals surface area contributed by atoms with Crippen LogP contribution in [-0.4, -0.2) is 9.55 Å². The summed E-state index contributed by atoms with van der Waals surface area (Å²) in [6, 6.07) is 13.7. The Bertz CT molecular complexity index is 831. The zero-order valence-electron chi connectivity index (χ0n) is 11.7. The molecule has 2 heterocycles. The van der Waals surface area contributed by atoms with Gasteiger partial charge in [0.1, 0.15) is 0 Å². The highest BCUT2D eigenvalue weighted by atomic mass is 35.5. The van der Waals surface area contributed by atoms with Crippen molar-refractivity contribution < 1.29 is 0 Å². The zero-order valence-corrected chi connectivity index (χ0v) is 13.3. The molecule has 1 aromatic carbocycles. The van der Waals surface area contributed by atoms with E-state index in [1.165, 1.54) is 0 Å². The lowest BCUT2D eigenvalue weighted by atomic mass is 10.2. The van der Waals surface area contributed by atoms with E-state index >= 15 is 0 Å². The van der Waals surface area contributed by atoms with Crippen LogP contribution < -0.4 is 4.80 Å². The molecule has 106 valence electrons. The van der Waals surface area contributed by atoms with Gasteiger partial charge >= 0.3 is 0 Å². The topological polar surface area (TPSA) is 30.2 Å². The molecule has 2 aromatic heterocycles. The van der Waals surface area contributed by atoms with Gasteiger partial charge in [-0.15, -0.1) is 11.3 Å². The van der Waals surface area contributed by atoms with E-state index in [1.54, 1.807) is 11.3 Å². The summed E-state index contributed by atoms with van der Waals surface area (Å²) in [5.74, 6) is 0.732. The smallest absolute Gasteiger partial charge is 0.191 e. The quantitative estimate of drug-likeness (QED) is 0.691. The highest BCUT2D eigenvalue weighted by Crippen LogP contribution is 2.21. The van der Waals surface area contributed by atoms with E-state index in [1.807, 2.05) is 56.4 Å². The Morgan fingerprint density at radius 2 is 1.90 bits per heavy atom. The Labute approximate surface area is 132 Å². The fourth-order valence-electron chi connectivity index (χ4n) is 2.04. The monoisotopic (exact) mass is 315 g/mol. The summed E-state index contributed by atoms with van der Waals surface area (Å²) >= 11 is 7.53. The van der Waals surface area contributed by atoms with E-state index in [4.69, 9.17) is 11.6 Å². The average molecular weight is 316 g/mol. The number of aryl methyl sites for hydroxylation is 1. The van der Waals surface area contributed by atoms with Crippen LogP contribution in [0.1, 0.15) is 5.69 Å². The largest absolute Gasteiger partial charge is 0.320 e. The van der Waals surface area contributed by atoms with Crippen LogP contribution in [0.2, 0.25) is 5.02 Å². The second kappa shape index (κ2) is 5.84. The molecule has 3 rings (SSSR count). The van der Waals surface area contributed by atoms with Gasteiger partial charge in [0.15, 0.2) is 10.6 Å². The number of benzene rings is 1. The molecule has 3 nitrogen and oxygen atoms in total. The van der Waals surface area contributed by atoms with Crippen molar-refractivity contribution in [3.8, 4) is 11.3 Å². The molecule has 0 bridgehead atoms. The SMILES string of the molecule is Cc1cccc(/N=c2/scc(-c3ccc(Cl)cc3)n2C)n1. The Hall–Kier alpha value is -1.91. The predicted octanol–water partition coefficient (Wildman–Crippen LogP) is 4.34. The fraction of sp³-hybridized carbons (Fsp3) is 0.125. The first kappa shape index (κ1) is 14.0. The number of aromatic nitrogens is 2. The van der Waals surface area contributed by atoms with Gasteiger partial charge in [-0.05, 0) is 36.8 Å². The Morgan fingerprint density at radius 3 is 2.62 bits per heavy atom. The van der Waals surface area contributed by atoms with Crippen molar-refractivity contribution in [1.29, 1.82) is 0 Å². The molecule has 0 aliphatic carbocycles. The van der Waals surface area contributed by atoms with Crippen LogP contribution in [0, 0.1) is 6.92 Å². The van der Waals surface area contributed by atoms with Crippen molar-refractivity contribution in [3.05, 3.63) is 63.4 Å². The van der Waals surface area contributed by atoms with E-state index < -0.39 is 0 Å². The molecule has 0 aliphatic heterocycles.